The lowest BCUT2D eigenvalue weighted by atomic mass is 10.2. The molecule has 0 aliphatic rings. The Kier molecular flexibility index (Phi) is 4.24. The van der Waals surface area contributed by atoms with Crippen molar-refractivity contribution in [2.24, 2.45) is 0 Å². The summed E-state index contributed by atoms with van der Waals surface area (Å²) in [6.07, 6.45) is 3.54. The standard InChI is InChI=1S/C19H13ClN2OS/c20-14-5-3-4-13(10-14)19-22-15(11-23-19)12-24-18-8-9-21-17-7-2-1-6-16(17)18/h1-11H,12H2. The number of thioether (sulfide) groups is 1. The molecule has 2 heterocycles. The molecule has 2 aromatic heterocycles. The highest BCUT2D eigenvalue weighted by Gasteiger charge is 2.09. The van der Waals surface area contributed by atoms with Gasteiger partial charge in [-0.3, -0.25) is 4.98 Å². The van der Waals surface area contributed by atoms with E-state index in [0.717, 1.165) is 27.9 Å². The minimum atomic E-state index is 0.590. The van der Waals surface area contributed by atoms with Gasteiger partial charge in [-0.25, -0.2) is 4.98 Å². The predicted molar refractivity (Wildman–Crippen MR) is 98.3 cm³/mol. The SMILES string of the molecule is Clc1cccc(-c2nc(CSc3ccnc4ccccc34)co2)c1. The summed E-state index contributed by atoms with van der Waals surface area (Å²) in [4.78, 5) is 10.1. The van der Waals surface area contributed by atoms with E-state index in [1.54, 1.807) is 18.0 Å². The maximum absolute atomic E-state index is 6.02. The molecule has 24 heavy (non-hydrogen) atoms. The summed E-state index contributed by atoms with van der Waals surface area (Å²) in [6.45, 7) is 0. The topological polar surface area (TPSA) is 38.9 Å². The third kappa shape index (κ3) is 3.16. The maximum atomic E-state index is 6.02. The van der Waals surface area contributed by atoms with Crippen LogP contribution in [0.25, 0.3) is 22.4 Å². The normalized spacial score (nSPS) is 11.0. The van der Waals surface area contributed by atoms with E-state index in [1.165, 1.54) is 4.90 Å². The molecule has 0 saturated carbocycles. The molecular formula is C19H13ClN2OS. The number of nitrogens with zero attached hydrogens (tertiary/aromatic N) is 2. The third-order valence-electron chi connectivity index (χ3n) is 3.61. The summed E-state index contributed by atoms with van der Waals surface area (Å²) in [5.41, 5.74) is 2.78. The Morgan fingerprint density at radius 3 is 2.88 bits per heavy atom. The van der Waals surface area contributed by atoms with Crippen molar-refractivity contribution in [2.45, 2.75) is 10.6 Å². The number of oxazole rings is 1. The monoisotopic (exact) mass is 352 g/mol. The number of fused-ring (bicyclic) bond motifs is 1. The highest BCUT2D eigenvalue weighted by molar-refractivity contribution is 7.98. The van der Waals surface area contributed by atoms with Gasteiger partial charge >= 0.3 is 0 Å². The van der Waals surface area contributed by atoms with Crippen LogP contribution in [0.15, 0.2) is 76.4 Å². The zero-order valence-corrected chi connectivity index (χ0v) is 14.2. The van der Waals surface area contributed by atoms with Gasteiger partial charge in [0.15, 0.2) is 0 Å². The van der Waals surface area contributed by atoms with Crippen molar-refractivity contribution in [3.63, 3.8) is 0 Å². The summed E-state index contributed by atoms with van der Waals surface area (Å²) < 4.78 is 5.59. The molecule has 118 valence electrons. The molecule has 5 heteroatoms. The highest BCUT2D eigenvalue weighted by Crippen LogP contribution is 2.30. The Hall–Kier alpha value is -2.30. The first-order valence-corrected chi connectivity index (χ1v) is 8.83. The molecule has 0 saturated heterocycles. The molecule has 0 fully saturated rings. The van der Waals surface area contributed by atoms with Crippen molar-refractivity contribution in [3.8, 4) is 11.5 Å². The first kappa shape index (κ1) is 15.2. The third-order valence-corrected chi connectivity index (χ3v) is 4.95. The molecule has 0 aliphatic heterocycles. The lowest BCUT2D eigenvalue weighted by Gasteiger charge is -2.03. The van der Waals surface area contributed by atoms with E-state index in [-0.39, 0.29) is 0 Å². The number of hydrogen-bond acceptors (Lipinski definition) is 4. The molecule has 4 rings (SSSR count). The highest BCUT2D eigenvalue weighted by atomic mass is 35.5. The van der Waals surface area contributed by atoms with Crippen LogP contribution in [-0.2, 0) is 5.75 Å². The van der Waals surface area contributed by atoms with Crippen molar-refractivity contribution in [2.75, 3.05) is 0 Å². The zero-order valence-electron chi connectivity index (χ0n) is 12.6. The Morgan fingerprint density at radius 2 is 1.96 bits per heavy atom. The molecule has 0 amide bonds. The summed E-state index contributed by atoms with van der Waals surface area (Å²) in [7, 11) is 0. The number of rotatable bonds is 4. The van der Waals surface area contributed by atoms with Gasteiger partial charge in [-0.2, -0.15) is 0 Å². The molecule has 0 N–H and O–H groups in total. The van der Waals surface area contributed by atoms with Crippen LogP contribution in [0.4, 0.5) is 0 Å². The van der Waals surface area contributed by atoms with Gasteiger partial charge in [-0.1, -0.05) is 35.9 Å². The van der Waals surface area contributed by atoms with E-state index in [0.29, 0.717) is 10.9 Å². The minimum Gasteiger partial charge on any atom is -0.444 e. The molecule has 0 radical (unpaired) electrons. The first-order valence-electron chi connectivity index (χ1n) is 7.46. The molecule has 0 unspecified atom stereocenters. The van der Waals surface area contributed by atoms with Crippen molar-refractivity contribution in [3.05, 3.63) is 77.8 Å². The predicted octanol–water partition coefficient (Wildman–Crippen LogP) is 5.84. The average Bonchev–Trinajstić information content (AvgIpc) is 3.09. The van der Waals surface area contributed by atoms with Gasteiger partial charge < -0.3 is 4.42 Å². The van der Waals surface area contributed by atoms with Crippen molar-refractivity contribution >= 4 is 34.3 Å². The minimum absolute atomic E-state index is 0.590. The molecular weight excluding hydrogens is 340 g/mol. The van der Waals surface area contributed by atoms with Gasteiger partial charge in [-0.05, 0) is 30.3 Å². The fraction of sp³-hybridized carbons (Fsp3) is 0.0526. The average molecular weight is 353 g/mol. The van der Waals surface area contributed by atoms with Crippen LogP contribution >= 0.6 is 23.4 Å². The molecule has 0 aliphatic carbocycles. The fourth-order valence-corrected chi connectivity index (χ4v) is 3.59. The number of halogens is 1. The van der Waals surface area contributed by atoms with E-state index in [2.05, 4.69) is 16.0 Å². The molecule has 4 aromatic rings. The van der Waals surface area contributed by atoms with Crippen molar-refractivity contribution < 1.29 is 4.42 Å². The van der Waals surface area contributed by atoms with Gasteiger partial charge in [0.25, 0.3) is 0 Å². The molecule has 3 nitrogen and oxygen atoms in total. The Morgan fingerprint density at radius 1 is 1.04 bits per heavy atom. The zero-order chi connectivity index (χ0) is 16.4. The molecule has 2 aromatic carbocycles. The van der Waals surface area contributed by atoms with Crippen molar-refractivity contribution in [1.82, 2.24) is 9.97 Å². The van der Waals surface area contributed by atoms with Crippen LogP contribution in [0.2, 0.25) is 5.02 Å². The Bertz CT molecular complexity index is 994. The van der Waals surface area contributed by atoms with Gasteiger partial charge in [0.05, 0.1) is 11.2 Å². The van der Waals surface area contributed by atoms with Crippen LogP contribution in [0.3, 0.4) is 0 Å². The van der Waals surface area contributed by atoms with E-state index < -0.39 is 0 Å². The van der Waals surface area contributed by atoms with E-state index in [4.69, 9.17) is 16.0 Å². The lowest BCUT2D eigenvalue weighted by Crippen LogP contribution is -1.85. The smallest absolute Gasteiger partial charge is 0.226 e. The number of aromatic nitrogens is 2. The van der Waals surface area contributed by atoms with Gasteiger partial charge in [0.1, 0.15) is 6.26 Å². The number of pyridine rings is 1. The summed E-state index contributed by atoms with van der Waals surface area (Å²) >= 11 is 7.74. The Labute approximate surface area is 148 Å². The second kappa shape index (κ2) is 6.67. The Balaban J connectivity index is 1.54. The van der Waals surface area contributed by atoms with E-state index in [9.17, 15) is 0 Å². The molecule has 0 atom stereocenters. The lowest BCUT2D eigenvalue weighted by molar-refractivity contribution is 0.573. The number of hydrogen-bond donors (Lipinski definition) is 0. The van der Waals surface area contributed by atoms with Crippen LogP contribution in [0.5, 0.6) is 0 Å². The summed E-state index contributed by atoms with van der Waals surface area (Å²) in [5, 5.41) is 1.83. The fourth-order valence-electron chi connectivity index (χ4n) is 2.47. The van der Waals surface area contributed by atoms with Crippen LogP contribution in [-0.4, -0.2) is 9.97 Å². The van der Waals surface area contributed by atoms with E-state index >= 15 is 0 Å². The van der Waals surface area contributed by atoms with Gasteiger partial charge in [0, 0.05) is 32.8 Å². The van der Waals surface area contributed by atoms with Gasteiger partial charge in [0.2, 0.25) is 5.89 Å². The molecule has 0 bridgehead atoms. The second-order valence-electron chi connectivity index (χ2n) is 5.27. The molecule has 0 spiro atoms. The van der Waals surface area contributed by atoms with Crippen molar-refractivity contribution in [1.29, 1.82) is 0 Å². The first-order chi connectivity index (χ1) is 11.8. The summed E-state index contributed by atoms with van der Waals surface area (Å²) in [6, 6.07) is 17.7. The quantitative estimate of drug-likeness (QED) is 0.433. The maximum Gasteiger partial charge on any atom is 0.226 e. The number of para-hydroxylation sites is 1. The van der Waals surface area contributed by atoms with Gasteiger partial charge in [-0.15, -0.1) is 11.8 Å². The van der Waals surface area contributed by atoms with Crippen LogP contribution in [0.1, 0.15) is 5.69 Å². The largest absolute Gasteiger partial charge is 0.444 e. The summed E-state index contributed by atoms with van der Waals surface area (Å²) in [5.74, 6) is 1.32. The second-order valence-corrected chi connectivity index (χ2v) is 6.72. The van der Waals surface area contributed by atoms with Crippen LogP contribution < -0.4 is 0 Å². The van der Waals surface area contributed by atoms with E-state index in [1.807, 2.05) is 54.7 Å². The van der Waals surface area contributed by atoms with Crippen LogP contribution in [0, 0.1) is 0 Å². The number of benzene rings is 2.